The molecule has 23 heavy (non-hydrogen) atoms. The number of hydrogen-bond donors (Lipinski definition) is 1. The van der Waals surface area contributed by atoms with Gasteiger partial charge >= 0.3 is 5.97 Å². The summed E-state index contributed by atoms with van der Waals surface area (Å²) < 4.78 is 10.4. The quantitative estimate of drug-likeness (QED) is 0.810. The highest BCUT2D eigenvalue weighted by atomic mass is 16.5. The van der Waals surface area contributed by atoms with Gasteiger partial charge in [0.05, 0.1) is 12.5 Å². The van der Waals surface area contributed by atoms with E-state index in [1.54, 1.807) is 36.3 Å². The van der Waals surface area contributed by atoms with Crippen LogP contribution in [-0.4, -0.2) is 55.3 Å². The van der Waals surface area contributed by atoms with Gasteiger partial charge in [0.2, 0.25) is 0 Å². The summed E-state index contributed by atoms with van der Waals surface area (Å²) in [6.45, 7) is 3.79. The number of rotatable bonds is 6. The van der Waals surface area contributed by atoms with Gasteiger partial charge in [-0.2, -0.15) is 0 Å². The normalized spacial score (nSPS) is 21.0. The van der Waals surface area contributed by atoms with E-state index in [9.17, 15) is 14.7 Å². The molecule has 0 radical (unpaired) electrons. The minimum absolute atomic E-state index is 0.133. The Bertz CT molecular complexity index is 542. The molecule has 1 amide bonds. The molecule has 1 aromatic rings. The van der Waals surface area contributed by atoms with Gasteiger partial charge in [0.15, 0.2) is 0 Å². The molecule has 1 aromatic carbocycles. The van der Waals surface area contributed by atoms with Crippen LogP contribution in [0.1, 0.15) is 23.7 Å². The number of nitrogens with zero attached hydrogens (tertiary/aromatic N) is 1. The molecule has 1 aliphatic heterocycles. The first-order chi connectivity index (χ1) is 11.0. The van der Waals surface area contributed by atoms with E-state index in [1.807, 2.05) is 6.92 Å². The minimum Gasteiger partial charge on any atom is -0.491 e. The van der Waals surface area contributed by atoms with E-state index in [-0.39, 0.29) is 18.4 Å². The smallest absolute Gasteiger partial charge is 0.308 e. The van der Waals surface area contributed by atoms with E-state index in [2.05, 4.69) is 0 Å². The molecule has 0 bridgehead atoms. The predicted molar refractivity (Wildman–Crippen MR) is 84.6 cm³/mol. The summed E-state index contributed by atoms with van der Waals surface area (Å²) in [6, 6.07) is 6.90. The van der Waals surface area contributed by atoms with Crippen molar-refractivity contribution in [2.24, 2.45) is 11.8 Å². The number of carboxylic acid groups (broad SMARTS) is 1. The van der Waals surface area contributed by atoms with E-state index in [0.717, 1.165) is 0 Å². The van der Waals surface area contributed by atoms with Gasteiger partial charge < -0.3 is 19.5 Å². The van der Waals surface area contributed by atoms with Gasteiger partial charge in [-0.25, -0.2) is 0 Å². The molecule has 0 spiro atoms. The molecular formula is C17H23NO5. The Morgan fingerprint density at radius 2 is 1.91 bits per heavy atom. The number of amides is 1. The maximum absolute atomic E-state index is 12.6. The molecule has 6 heteroatoms. The highest BCUT2D eigenvalue weighted by molar-refractivity contribution is 5.94. The first kappa shape index (κ1) is 17.3. The minimum atomic E-state index is -0.837. The highest BCUT2D eigenvalue weighted by Crippen LogP contribution is 2.24. The SMILES string of the molecule is COCCOc1ccc(C(=O)N2CC(C)CC(C(=O)O)C2)cc1. The number of hydrogen-bond acceptors (Lipinski definition) is 4. The average Bonchev–Trinajstić information content (AvgIpc) is 2.54. The van der Waals surface area contributed by atoms with Crippen molar-refractivity contribution in [3.63, 3.8) is 0 Å². The molecule has 1 N–H and O–H groups in total. The first-order valence-electron chi connectivity index (χ1n) is 7.75. The molecule has 1 aliphatic rings. The molecule has 1 heterocycles. The fourth-order valence-electron chi connectivity index (χ4n) is 2.82. The number of methoxy groups -OCH3 is 1. The second kappa shape index (κ2) is 7.97. The van der Waals surface area contributed by atoms with Gasteiger partial charge in [-0.3, -0.25) is 9.59 Å². The lowest BCUT2D eigenvalue weighted by Gasteiger charge is -2.34. The first-order valence-corrected chi connectivity index (χ1v) is 7.75. The molecule has 0 aliphatic carbocycles. The van der Waals surface area contributed by atoms with Crippen molar-refractivity contribution in [3.05, 3.63) is 29.8 Å². The fraction of sp³-hybridized carbons (Fsp3) is 0.529. The molecule has 2 unspecified atom stereocenters. The third-order valence-corrected chi connectivity index (χ3v) is 3.95. The standard InChI is InChI=1S/C17H23NO5/c1-12-9-14(17(20)21)11-18(10-12)16(19)13-3-5-15(6-4-13)23-8-7-22-2/h3-6,12,14H,7-11H2,1-2H3,(H,20,21). The summed E-state index contributed by atoms with van der Waals surface area (Å²) in [4.78, 5) is 25.4. The molecule has 2 rings (SSSR count). The van der Waals surface area contributed by atoms with Gasteiger partial charge in [0.25, 0.3) is 5.91 Å². The van der Waals surface area contributed by atoms with Gasteiger partial charge in [-0.1, -0.05) is 6.92 Å². The summed E-state index contributed by atoms with van der Waals surface area (Å²) in [7, 11) is 1.61. The van der Waals surface area contributed by atoms with Crippen LogP contribution in [0.4, 0.5) is 0 Å². The molecular weight excluding hydrogens is 298 g/mol. The fourth-order valence-corrected chi connectivity index (χ4v) is 2.82. The molecule has 1 saturated heterocycles. The van der Waals surface area contributed by atoms with Crippen molar-refractivity contribution in [2.45, 2.75) is 13.3 Å². The second-order valence-corrected chi connectivity index (χ2v) is 5.95. The lowest BCUT2D eigenvalue weighted by molar-refractivity contribution is -0.143. The van der Waals surface area contributed by atoms with Crippen LogP contribution in [0, 0.1) is 11.8 Å². The van der Waals surface area contributed by atoms with Crippen molar-refractivity contribution in [2.75, 3.05) is 33.4 Å². The number of aliphatic carboxylic acids is 1. The van der Waals surface area contributed by atoms with Gasteiger partial charge in [0, 0.05) is 25.8 Å². The molecule has 0 saturated carbocycles. The average molecular weight is 321 g/mol. The number of ether oxygens (including phenoxy) is 2. The zero-order chi connectivity index (χ0) is 16.8. The van der Waals surface area contributed by atoms with Crippen molar-refractivity contribution in [1.82, 2.24) is 4.90 Å². The van der Waals surface area contributed by atoms with Crippen molar-refractivity contribution >= 4 is 11.9 Å². The largest absolute Gasteiger partial charge is 0.491 e. The van der Waals surface area contributed by atoms with Gasteiger partial charge in [-0.15, -0.1) is 0 Å². The van der Waals surface area contributed by atoms with Crippen LogP contribution in [0.25, 0.3) is 0 Å². The summed E-state index contributed by atoms with van der Waals surface area (Å²) in [5.41, 5.74) is 0.544. The highest BCUT2D eigenvalue weighted by Gasteiger charge is 2.32. The van der Waals surface area contributed by atoms with E-state index in [4.69, 9.17) is 9.47 Å². The summed E-state index contributed by atoms with van der Waals surface area (Å²) in [6.07, 6.45) is 0.616. The summed E-state index contributed by atoms with van der Waals surface area (Å²) in [5.74, 6) is -0.596. The predicted octanol–water partition coefficient (Wildman–Crippen LogP) is 1.89. The molecule has 2 atom stereocenters. The van der Waals surface area contributed by atoms with Crippen molar-refractivity contribution in [1.29, 1.82) is 0 Å². The Morgan fingerprint density at radius 1 is 1.22 bits per heavy atom. The Labute approximate surface area is 136 Å². The van der Waals surface area contributed by atoms with Crippen LogP contribution >= 0.6 is 0 Å². The van der Waals surface area contributed by atoms with E-state index in [0.29, 0.717) is 37.5 Å². The molecule has 126 valence electrons. The Balaban J connectivity index is 2.00. The van der Waals surface area contributed by atoms with Crippen LogP contribution in [0.15, 0.2) is 24.3 Å². The van der Waals surface area contributed by atoms with Crippen LogP contribution in [0.3, 0.4) is 0 Å². The number of carboxylic acids is 1. The number of carbonyl (C=O) groups is 2. The van der Waals surface area contributed by atoms with Crippen molar-refractivity contribution < 1.29 is 24.2 Å². The maximum atomic E-state index is 12.6. The monoisotopic (exact) mass is 321 g/mol. The third-order valence-electron chi connectivity index (χ3n) is 3.95. The van der Waals surface area contributed by atoms with Crippen LogP contribution in [-0.2, 0) is 9.53 Å². The van der Waals surface area contributed by atoms with Gasteiger partial charge in [0.1, 0.15) is 12.4 Å². The zero-order valence-electron chi connectivity index (χ0n) is 13.5. The molecule has 6 nitrogen and oxygen atoms in total. The number of benzene rings is 1. The van der Waals surface area contributed by atoms with Gasteiger partial charge in [-0.05, 0) is 36.6 Å². The van der Waals surface area contributed by atoms with Crippen LogP contribution in [0.2, 0.25) is 0 Å². The number of likely N-dealkylation sites (tertiary alicyclic amines) is 1. The third kappa shape index (κ3) is 4.69. The maximum Gasteiger partial charge on any atom is 0.308 e. The van der Waals surface area contributed by atoms with Crippen LogP contribution < -0.4 is 4.74 Å². The zero-order valence-corrected chi connectivity index (χ0v) is 13.5. The Morgan fingerprint density at radius 3 is 2.52 bits per heavy atom. The topological polar surface area (TPSA) is 76.1 Å². The lowest BCUT2D eigenvalue weighted by atomic mass is 9.90. The second-order valence-electron chi connectivity index (χ2n) is 5.95. The molecule has 1 fully saturated rings. The van der Waals surface area contributed by atoms with E-state index < -0.39 is 11.9 Å². The summed E-state index contributed by atoms with van der Waals surface area (Å²) in [5, 5.41) is 9.20. The van der Waals surface area contributed by atoms with E-state index in [1.165, 1.54) is 0 Å². The van der Waals surface area contributed by atoms with E-state index >= 15 is 0 Å². The lowest BCUT2D eigenvalue weighted by Crippen LogP contribution is -2.45. The summed E-state index contributed by atoms with van der Waals surface area (Å²) >= 11 is 0. The van der Waals surface area contributed by atoms with Crippen molar-refractivity contribution in [3.8, 4) is 5.75 Å². The molecule has 0 aromatic heterocycles. The number of piperidine rings is 1. The number of carbonyl (C=O) groups excluding carboxylic acids is 1. The van der Waals surface area contributed by atoms with Crippen LogP contribution in [0.5, 0.6) is 5.75 Å². The Kier molecular flexibility index (Phi) is 5.98. The Hall–Kier alpha value is -2.08.